The number of hydrogen-bond acceptors (Lipinski definition) is 4. The summed E-state index contributed by atoms with van der Waals surface area (Å²) in [5, 5.41) is 6.99. The fourth-order valence-electron chi connectivity index (χ4n) is 3.79. The van der Waals surface area contributed by atoms with E-state index in [9.17, 15) is 0 Å². The van der Waals surface area contributed by atoms with Gasteiger partial charge < -0.3 is 25.0 Å². The fourth-order valence-corrected chi connectivity index (χ4v) is 3.79. The van der Waals surface area contributed by atoms with E-state index in [0.29, 0.717) is 6.04 Å². The van der Waals surface area contributed by atoms with E-state index in [4.69, 9.17) is 9.47 Å². The van der Waals surface area contributed by atoms with Gasteiger partial charge >= 0.3 is 0 Å². The van der Waals surface area contributed by atoms with Gasteiger partial charge in [0.05, 0.1) is 19.9 Å². The second-order valence-corrected chi connectivity index (χ2v) is 7.31. The number of ether oxygens (including phenoxy) is 2. The third-order valence-electron chi connectivity index (χ3n) is 5.30. The zero-order valence-corrected chi connectivity index (χ0v) is 17.9. The van der Waals surface area contributed by atoms with Crippen molar-refractivity contribution in [3.63, 3.8) is 0 Å². The smallest absolute Gasteiger partial charge is 0.191 e. The Morgan fingerprint density at radius 2 is 1.93 bits per heavy atom. The zero-order chi connectivity index (χ0) is 20.6. The van der Waals surface area contributed by atoms with Gasteiger partial charge in [-0.15, -0.1) is 0 Å². The molecule has 1 fully saturated rings. The Balaban J connectivity index is 1.52. The average molecular weight is 397 g/mol. The molecule has 1 heterocycles. The number of anilines is 1. The molecule has 1 saturated heterocycles. The van der Waals surface area contributed by atoms with Crippen molar-refractivity contribution in [2.24, 2.45) is 4.99 Å². The van der Waals surface area contributed by atoms with Crippen molar-refractivity contribution in [2.45, 2.75) is 25.8 Å². The molecule has 0 amide bonds. The van der Waals surface area contributed by atoms with E-state index in [1.807, 2.05) is 25.2 Å². The second-order valence-electron chi connectivity index (χ2n) is 7.31. The summed E-state index contributed by atoms with van der Waals surface area (Å²) < 4.78 is 11.0. The summed E-state index contributed by atoms with van der Waals surface area (Å²) in [4.78, 5) is 6.76. The van der Waals surface area contributed by atoms with Gasteiger partial charge in [-0.25, -0.2) is 0 Å². The van der Waals surface area contributed by atoms with Crippen molar-refractivity contribution >= 4 is 11.6 Å². The number of guanidine groups is 1. The number of para-hydroxylation sites is 2. The predicted octanol–water partition coefficient (Wildman–Crippen LogP) is 3.00. The van der Waals surface area contributed by atoms with Crippen molar-refractivity contribution in [1.29, 1.82) is 0 Å². The topological polar surface area (TPSA) is 58.1 Å². The van der Waals surface area contributed by atoms with Gasteiger partial charge in [0.25, 0.3) is 0 Å². The Hall–Kier alpha value is -2.89. The minimum Gasteiger partial charge on any atom is -0.496 e. The molecule has 1 aliphatic heterocycles. The van der Waals surface area contributed by atoms with Crippen LogP contribution < -0.4 is 25.0 Å². The quantitative estimate of drug-likeness (QED) is 0.557. The van der Waals surface area contributed by atoms with Crippen LogP contribution >= 0.6 is 0 Å². The van der Waals surface area contributed by atoms with E-state index in [0.717, 1.165) is 55.6 Å². The lowest BCUT2D eigenvalue weighted by atomic mass is 10.1. The largest absolute Gasteiger partial charge is 0.496 e. The normalized spacial score (nSPS) is 16.6. The maximum Gasteiger partial charge on any atom is 0.191 e. The van der Waals surface area contributed by atoms with Crippen LogP contribution in [0.2, 0.25) is 0 Å². The maximum atomic E-state index is 5.51. The first-order chi connectivity index (χ1) is 14.1. The molecule has 1 atom stereocenters. The van der Waals surface area contributed by atoms with Gasteiger partial charge in [0.15, 0.2) is 5.96 Å². The highest BCUT2D eigenvalue weighted by Crippen LogP contribution is 2.30. The van der Waals surface area contributed by atoms with Crippen LogP contribution in [0.3, 0.4) is 0 Å². The second kappa shape index (κ2) is 10.0. The molecule has 6 heteroatoms. The number of benzene rings is 2. The van der Waals surface area contributed by atoms with Crippen LogP contribution in [0.25, 0.3) is 0 Å². The lowest BCUT2D eigenvalue weighted by molar-refractivity contribution is 0.409. The van der Waals surface area contributed by atoms with Crippen molar-refractivity contribution in [1.82, 2.24) is 10.6 Å². The molecule has 0 spiro atoms. The Morgan fingerprint density at radius 3 is 2.69 bits per heavy atom. The summed E-state index contributed by atoms with van der Waals surface area (Å²) >= 11 is 0. The molecular formula is C23H32N4O2. The first kappa shape index (κ1) is 20.8. The minimum atomic E-state index is 0.347. The molecule has 1 aliphatic rings. The third kappa shape index (κ3) is 5.34. The van der Waals surface area contributed by atoms with Crippen molar-refractivity contribution in [2.75, 3.05) is 45.8 Å². The third-order valence-corrected chi connectivity index (χ3v) is 5.30. The highest BCUT2D eigenvalue weighted by Gasteiger charge is 2.25. The summed E-state index contributed by atoms with van der Waals surface area (Å²) in [6.45, 7) is 4.81. The summed E-state index contributed by atoms with van der Waals surface area (Å²) in [5.41, 5.74) is 3.60. The first-order valence-electron chi connectivity index (χ1n) is 10.1. The average Bonchev–Trinajstić information content (AvgIpc) is 3.21. The van der Waals surface area contributed by atoms with Gasteiger partial charge in [-0.1, -0.05) is 29.8 Å². The molecule has 2 N–H and O–H groups in total. The molecular weight excluding hydrogens is 364 g/mol. The number of nitrogens with zero attached hydrogens (tertiary/aromatic N) is 2. The van der Waals surface area contributed by atoms with Crippen LogP contribution in [0, 0.1) is 6.92 Å². The number of aliphatic imine (C=N–C) groups is 1. The molecule has 156 valence electrons. The molecule has 0 bridgehead atoms. The number of methoxy groups -OCH3 is 2. The molecule has 29 heavy (non-hydrogen) atoms. The molecule has 0 radical (unpaired) electrons. The number of hydrogen-bond donors (Lipinski definition) is 2. The van der Waals surface area contributed by atoms with Crippen LogP contribution in [0.5, 0.6) is 11.5 Å². The molecule has 0 saturated carbocycles. The molecule has 1 unspecified atom stereocenters. The Bertz CT molecular complexity index is 837. The van der Waals surface area contributed by atoms with E-state index in [-0.39, 0.29) is 0 Å². The van der Waals surface area contributed by atoms with Crippen molar-refractivity contribution in [3.05, 3.63) is 53.6 Å². The van der Waals surface area contributed by atoms with Crippen LogP contribution in [0.15, 0.2) is 47.5 Å². The highest BCUT2D eigenvalue weighted by atomic mass is 16.5. The van der Waals surface area contributed by atoms with Crippen LogP contribution in [0.4, 0.5) is 5.69 Å². The van der Waals surface area contributed by atoms with Crippen molar-refractivity contribution in [3.8, 4) is 11.5 Å². The molecule has 2 aromatic rings. The summed E-state index contributed by atoms with van der Waals surface area (Å²) in [6.07, 6.45) is 1.94. The lowest BCUT2D eigenvalue weighted by Crippen LogP contribution is -2.45. The van der Waals surface area contributed by atoms with Crippen molar-refractivity contribution < 1.29 is 9.47 Å². The van der Waals surface area contributed by atoms with Gasteiger partial charge in [0, 0.05) is 32.7 Å². The van der Waals surface area contributed by atoms with Gasteiger partial charge in [0.1, 0.15) is 11.5 Å². The van der Waals surface area contributed by atoms with Gasteiger partial charge in [-0.2, -0.15) is 0 Å². The Morgan fingerprint density at radius 1 is 1.14 bits per heavy atom. The highest BCUT2D eigenvalue weighted by molar-refractivity contribution is 5.80. The number of aryl methyl sites for hydroxylation is 1. The van der Waals surface area contributed by atoms with Crippen LogP contribution in [0.1, 0.15) is 17.5 Å². The van der Waals surface area contributed by atoms with Gasteiger partial charge in [-0.05, 0) is 43.5 Å². The van der Waals surface area contributed by atoms with E-state index < -0.39 is 0 Å². The Kier molecular flexibility index (Phi) is 7.22. The monoisotopic (exact) mass is 396 g/mol. The summed E-state index contributed by atoms with van der Waals surface area (Å²) in [6, 6.07) is 14.8. The molecule has 3 rings (SSSR count). The summed E-state index contributed by atoms with van der Waals surface area (Å²) in [5.74, 6) is 2.69. The Labute approximate surface area is 173 Å². The molecule has 0 aliphatic carbocycles. The van der Waals surface area contributed by atoms with E-state index in [1.54, 1.807) is 14.2 Å². The van der Waals surface area contributed by atoms with Gasteiger partial charge in [-0.3, -0.25) is 4.99 Å². The number of nitrogens with one attached hydrogen (secondary N) is 2. The molecule has 0 aromatic heterocycles. The lowest BCUT2D eigenvalue weighted by Gasteiger charge is -2.22. The predicted molar refractivity (Wildman–Crippen MR) is 120 cm³/mol. The SMILES string of the molecule is CN=C(NCCc1cc(C)ccc1OC)NC1CCN(c2ccccc2OC)C1. The molecule has 6 nitrogen and oxygen atoms in total. The molecule has 2 aromatic carbocycles. The maximum absolute atomic E-state index is 5.51. The standard InChI is InChI=1S/C23H32N4O2/c1-17-9-10-21(28-3)18(15-17)11-13-25-23(24-2)26-19-12-14-27(16-19)20-7-5-6-8-22(20)29-4/h5-10,15,19H,11-14,16H2,1-4H3,(H2,24,25,26). The summed E-state index contributed by atoms with van der Waals surface area (Å²) in [7, 11) is 5.25. The number of rotatable bonds is 7. The first-order valence-corrected chi connectivity index (χ1v) is 10.1. The van der Waals surface area contributed by atoms with E-state index >= 15 is 0 Å². The van der Waals surface area contributed by atoms with E-state index in [2.05, 4.69) is 51.7 Å². The minimum absolute atomic E-state index is 0.347. The van der Waals surface area contributed by atoms with Crippen LogP contribution in [-0.4, -0.2) is 52.9 Å². The van der Waals surface area contributed by atoms with Crippen LogP contribution in [-0.2, 0) is 6.42 Å². The fraction of sp³-hybridized carbons (Fsp3) is 0.435. The van der Waals surface area contributed by atoms with E-state index in [1.165, 1.54) is 11.1 Å². The zero-order valence-electron chi connectivity index (χ0n) is 17.9. The van der Waals surface area contributed by atoms with Gasteiger partial charge in [0.2, 0.25) is 0 Å².